The van der Waals surface area contributed by atoms with Crippen LogP contribution in [0.25, 0.3) is 0 Å². The zero-order valence-electron chi connectivity index (χ0n) is 18.6. The van der Waals surface area contributed by atoms with Gasteiger partial charge in [-0.25, -0.2) is 9.59 Å². The van der Waals surface area contributed by atoms with E-state index in [4.69, 9.17) is 0 Å². The molecule has 10 heteroatoms. The number of urea groups is 1. The summed E-state index contributed by atoms with van der Waals surface area (Å²) in [4.78, 5) is 57.7. The molecule has 0 bridgehead atoms. The highest BCUT2D eigenvalue weighted by atomic mass is 16.5. The molecule has 0 unspecified atom stereocenters. The van der Waals surface area contributed by atoms with Crippen LogP contribution in [0.5, 0.6) is 0 Å². The molecule has 10 nitrogen and oxygen atoms in total. The van der Waals surface area contributed by atoms with E-state index in [1.807, 2.05) is 0 Å². The van der Waals surface area contributed by atoms with E-state index in [0.29, 0.717) is 12.1 Å². The van der Waals surface area contributed by atoms with Gasteiger partial charge in [0, 0.05) is 31.5 Å². The van der Waals surface area contributed by atoms with Crippen LogP contribution in [0.1, 0.15) is 49.4 Å². The van der Waals surface area contributed by atoms with Gasteiger partial charge in [-0.15, -0.1) is 0 Å². The van der Waals surface area contributed by atoms with Crippen LogP contribution in [0, 0.1) is 0 Å². The van der Waals surface area contributed by atoms with Gasteiger partial charge in [0.25, 0.3) is 5.91 Å². The second-order valence-electron chi connectivity index (χ2n) is 8.24. The molecule has 0 spiro atoms. The van der Waals surface area contributed by atoms with Gasteiger partial charge in [-0.3, -0.25) is 14.6 Å². The first-order chi connectivity index (χ1) is 15.4. The van der Waals surface area contributed by atoms with E-state index in [0.717, 1.165) is 32.1 Å². The van der Waals surface area contributed by atoms with Crippen molar-refractivity contribution in [2.45, 2.75) is 57.2 Å². The SMILES string of the molecule is COC(=O)[C@@H](C)NC(=O)[C@@H]1CN(C(=O)c2cccnc2)CCN1C(=O)NC1CCCCC1. The van der Waals surface area contributed by atoms with E-state index in [1.165, 1.54) is 30.0 Å². The predicted molar refractivity (Wildman–Crippen MR) is 116 cm³/mol. The van der Waals surface area contributed by atoms with Gasteiger partial charge < -0.3 is 25.2 Å². The van der Waals surface area contributed by atoms with Gasteiger partial charge in [-0.1, -0.05) is 19.3 Å². The molecule has 0 radical (unpaired) electrons. The highest BCUT2D eigenvalue weighted by Gasteiger charge is 2.38. The number of methoxy groups -OCH3 is 1. The van der Waals surface area contributed by atoms with Crippen LogP contribution in [0.15, 0.2) is 24.5 Å². The molecule has 0 aromatic carbocycles. The highest BCUT2D eigenvalue weighted by Crippen LogP contribution is 2.19. The minimum atomic E-state index is -0.930. The summed E-state index contributed by atoms with van der Waals surface area (Å²) < 4.78 is 4.67. The Kier molecular flexibility index (Phi) is 8.02. The number of hydrogen-bond donors (Lipinski definition) is 2. The zero-order chi connectivity index (χ0) is 23.1. The Bertz CT molecular complexity index is 827. The van der Waals surface area contributed by atoms with E-state index in [9.17, 15) is 19.2 Å². The van der Waals surface area contributed by atoms with Gasteiger partial charge in [0.15, 0.2) is 0 Å². The molecule has 32 heavy (non-hydrogen) atoms. The number of piperazine rings is 1. The van der Waals surface area contributed by atoms with Crippen molar-refractivity contribution in [1.82, 2.24) is 25.4 Å². The smallest absolute Gasteiger partial charge is 0.328 e. The average Bonchev–Trinajstić information content (AvgIpc) is 2.83. The number of amides is 4. The van der Waals surface area contributed by atoms with Gasteiger partial charge in [0.05, 0.1) is 19.2 Å². The molecule has 2 aliphatic rings. The first kappa shape index (κ1) is 23.5. The van der Waals surface area contributed by atoms with Crippen LogP contribution in [0.2, 0.25) is 0 Å². The normalized spacial score (nSPS) is 20.2. The molecule has 1 saturated carbocycles. The minimum absolute atomic E-state index is 0.0194. The summed E-state index contributed by atoms with van der Waals surface area (Å²) in [5.41, 5.74) is 0.412. The molecule has 1 aromatic rings. The molecule has 3 rings (SSSR count). The van der Waals surface area contributed by atoms with Gasteiger partial charge in [0.1, 0.15) is 12.1 Å². The second kappa shape index (κ2) is 10.9. The summed E-state index contributed by atoms with van der Waals surface area (Å²) >= 11 is 0. The number of carbonyl (C=O) groups excluding carboxylic acids is 4. The van der Waals surface area contributed by atoms with Crippen molar-refractivity contribution >= 4 is 23.8 Å². The number of pyridine rings is 1. The lowest BCUT2D eigenvalue weighted by Crippen LogP contribution is -2.64. The second-order valence-corrected chi connectivity index (χ2v) is 8.24. The molecule has 2 N–H and O–H groups in total. The summed E-state index contributed by atoms with van der Waals surface area (Å²) in [6.45, 7) is 2.03. The molecule has 1 aliphatic carbocycles. The third kappa shape index (κ3) is 5.74. The van der Waals surface area contributed by atoms with Crippen molar-refractivity contribution in [3.63, 3.8) is 0 Å². The first-order valence-corrected chi connectivity index (χ1v) is 11.1. The molecule has 1 aliphatic heterocycles. The van der Waals surface area contributed by atoms with Crippen molar-refractivity contribution in [3.05, 3.63) is 30.1 Å². The fourth-order valence-corrected chi connectivity index (χ4v) is 4.16. The van der Waals surface area contributed by atoms with E-state index >= 15 is 0 Å². The Morgan fingerprint density at radius 3 is 2.56 bits per heavy atom. The van der Waals surface area contributed by atoms with Crippen molar-refractivity contribution in [2.75, 3.05) is 26.7 Å². The largest absolute Gasteiger partial charge is 0.467 e. The third-order valence-electron chi connectivity index (χ3n) is 5.99. The maximum Gasteiger partial charge on any atom is 0.328 e. The van der Waals surface area contributed by atoms with E-state index in [1.54, 1.807) is 18.3 Å². The van der Waals surface area contributed by atoms with E-state index in [-0.39, 0.29) is 31.1 Å². The number of hydrogen-bond acceptors (Lipinski definition) is 6. The Labute approximate surface area is 187 Å². The molecule has 1 saturated heterocycles. The topological polar surface area (TPSA) is 121 Å². The van der Waals surface area contributed by atoms with Crippen molar-refractivity contribution in [2.24, 2.45) is 0 Å². The van der Waals surface area contributed by atoms with Crippen molar-refractivity contribution in [1.29, 1.82) is 0 Å². The molecule has 2 atom stereocenters. The van der Waals surface area contributed by atoms with E-state index < -0.39 is 24.0 Å². The van der Waals surface area contributed by atoms with Crippen molar-refractivity contribution < 1.29 is 23.9 Å². The molecular weight excluding hydrogens is 414 g/mol. The molecule has 174 valence electrons. The van der Waals surface area contributed by atoms with Crippen LogP contribution >= 0.6 is 0 Å². The van der Waals surface area contributed by atoms with Crippen molar-refractivity contribution in [3.8, 4) is 0 Å². The lowest BCUT2D eigenvalue weighted by atomic mass is 9.95. The fraction of sp³-hybridized carbons (Fsp3) is 0.591. The number of nitrogens with one attached hydrogen (secondary N) is 2. The third-order valence-corrected chi connectivity index (χ3v) is 5.99. The molecule has 2 fully saturated rings. The summed E-state index contributed by atoms with van der Waals surface area (Å²) in [6, 6.07) is 1.29. The lowest BCUT2D eigenvalue weighted by Gasteiger charge is -2.41. The number of ether oxygens (including phenoxy) is 1. The molecular formula is C22H31N5O5. The minimum Gasteiger partial charge on any atom is -0.467 e. The number of esters is 1. The maximum atomic E-state index is 13.0. The maximum absolute atomic E-state index is 13.0. The summed E-state index contributed by atoms with van der Waals surface area (Å²) in [5, 5.41) is 5.64. The number of carbonyl (C=O) groups is 4. The Balaban J connectivity index is 1.74. The average molecular weight is 446 g/mol. The van der Waals surface area contributed by atoms with Gasteiger partial charge in [-0.2, -0.15) is 0 Å². The first-order valence-electron chi connectivity index (χ1n) is 11.1. The van der Waals surface area contributed by atoms with Gasteiger partial charge in [0.2, 0.25) is 5.91 Å². The monoisotopic (exact) mass is 445 g/mol. The molecule has 1 aromatic heterocycles. The zero-order valence-corrected chi connectivity index (χ0v) is 18.6. The predicted octanol–water partition coefficient (Wildman–Crippen LogP) is 0.928. The molecule has 2 heterocycles. The Morgan fingerprint density at radius 2 is 1.91 bits per heavy atom. The summed E-state index contributed by atoms with van der Waals surface area (Å²) in [7, 11) is 1.24. The summed E-state index contributed by atoms with van der Waals surface area (Å²) in [6.07, 6.45) is 8.19. The Morgan fingerprint density at radius 1 is 1.16 bits per heavy atom. The standard InChI is InChI=1S/C22H31N5O5/c1-15(21(30)32-2)24-19(28)18-14-26(20(29)16-7-6-10-23-13-16)11-12-27(18)22(31)25-17-8-4-3-5-9-17/h6-7,10,13,15,17-18H,3-5,8-9,11-12,14H2,1-2H3,(H,24,28)(H,25,31)/t15-,18+/m1/s1. The summed E-state index contributed by atoms with van der Waals surface area (Å²) in [5.74, 6) is -1.36. The van der Waals surface area contributed by atoms with Gasteiger partial charge in [-0.05, 0) is 31.9 Å². The van der Waals surface area contributed by atoms with E-state index in [2.05, 4.69) is 20.4 Å². The number of rotatable bonds is 5. The van der Waals surface area contributed by atoms with Crippen LogP contribution in [-0.2, 0) is 14.3 Å². The van der Waals surface area contributed by atoms with Crippen LogP contribution < -0.4 is 10.6 Å². The number of aromatic nitrogens is 1. The lowest BCUT2D eigenvalue weighted by molar-refractivity contribution is -0.145. The van der Waals surface area contributed by atoms with Crippen LogP contribution in [0.4, 0.5) is 4.79 Å². The number of nitrogens with zero attached hydrogens (tertiary/aromatic N) is 3. The quantitative estimate of drug-likeness (QED) is 0.651. The molecule has 4 amide bonds. The highest BCUT2D eigenvalue weighted by molar-refractivity contribution is 5.96. The Hall–Kier alpha value is -3.17. The van der Waals surface area contributed by atoms with Crippen LogP contribution in [-0.4, -0.2) is 83.5 Å². The fourth-order valence-electron chi connectivity index (χ4n) is 4.16. The van der Waals surface area contributed by atoms with Gasteiger partial charge >= 0.3 is 12.0 Å². The van der Waals surface area contributed by atoms with Crippen LogP contribution in [0.3, 0.4) is 0 Å².